The molecule has 3 rings (SSSR count). The van der Waals surface area contributed by atoms with Gasteiger partial charge in [-0.1, -0.05) is 30.0 Å². The van der Waals surface area contributed by atoms with Crippen molar-refractivity contribution >= 4 is 11.8 Å². The summed E-state index contributed by atoms with van der Waals surface area (Å²) in [5, 5.41) is 59.4. The molecule has 2 aliphatic heterocycles. The number of thioether (sulfide) groups is 1. The Morgan fingerprint density at radius 2 is 1.61 bits per heavy atom. The van der Waals surface area contributed by atoms with Crippen molar-refractivity contribution in [1.82, 2.24) is 0 Å². The van der Waals surface area contributed by atoms with Gasteiger partial charge >= 0.3 is 0 Å². The van der Waals surface area contributed by atoms with Gasteiger partial charge in [0.05, 0.1) is 19.3 Å². The first-order valence-electron chi connectivity index (χ1n) is 9.06. The number of hydrogen-bond acceptors (Lipinski definition) is 10. The van der Waals surface area contributed by atoms with E-state index in [0.717, 1.165) is 4.90 Å². The summed E-state index contributed by atoms with van der Waals surface area (Å²) in [6.07, 6.45) is -9.31. The summed E-state index contributed by atoms with van der Waals surface area (Å²) in [6, 6.07) is 9.19. The van der Waals surface area contributed by atoms with Crippen LogP contribution in [-0.2, 0) is 14.2 Å². The molecule has 2 saturated heterocycles. The largest absolute Gasteiger partial charge is 0.394 e. The minimum Gasteiger partial charge on any atom is -0.394 e. The van der Waals surface area contributed by atoms with Crippen LogP contribution in [0.2, 0.25) is 0 Å². The lowest BCUT2D eigenvalue weighted by atomic mass is 10.00. The summed E-state index contributed by atoms with van der Waals surface area (Å²) in [5.74, 6) is 0. The predicted octanol–water partition coefficient (Wildman–Crippen LogP) is -1.57. The summed E-state index contributed by atoms with van der Waals surface area (Å²) in [7, 11) is 0. The highest BCUT2D eigenvalue weighted by Crippen LogP contribution is 2.33. The molecule has 0 aromatic heterocycles. The fourth-order valence-corrected chi connectivity index (χ4v) is 4.24. The van der Waals surface area contributed by atoms with Crippen LogP contribution in [0.15, 0.2) is 35.2 Å². The van der Waals surface area contributed by atoms with Gasteiger partial charge in [-0.3, -0.25) is 0 Å². The van der Waals surface area contributed by atoms with Crippen molar-refractivity contribution < 1.29 is 44.8 Å². The lowest BCUT2D eigenvalue weighted by Crippen LogP contribution is -2.58. The molecule has 0 spiro atoms. The van der Waals surface area contributed by atoms with Crippen LogP contribution >= 0.6 is 11.8 Å². The second-order valence-corrected chi connectivity index (χ2v) is 8.03. The highest BCUT2D eigenvalue weighted by atomic mass is 32.2. The lowest BCUT2D eigenvalue weighted by Gasteiger charge is -2.41. The van der Waals surface area contributed by atoms with Crippen LogP contribution in [0.1, 0.15) is 6.42 Å². The Morgan fingerprint density at radius 3 is 2.29 bits per heavy atom. The van der Waals surface area contributed by atoms with E-state index in [2.05, 4.69) is 0 Å². The lowest BCUT2D eigenvalue weighted by molar-refractivity contribution is -0.275. The van der Waals surface area contributed by atoms with E-state index in [1.54, 1.807) is 0 Å². The Hall–Kier alpha value is -0.790. The summed E-state index contributed by atoms with van der Waals surface area (Å²) < 4.78 is 16.7. The van der Waals surface area contributed by atoms with Crippen LogP contribution in [0.3, 0.4) is 0 Å². The van der Waals surface area contributed by atoms with E-state index in [9.17, 15) is 30.6 Å². The van der Waals surface area contributed by atoms with Crippen molar-refractivity contribution in [2.24, 2.45) is 0 Å². The smallest absolute Gasteiger partial charge is 0.160 e. The molecule has 9 nitrogen and oxygen atoms in total. The van der Waals surface area contributed by atoms with Crippen LogP contribution < -0.4 is 0 Å². The molecule has 0 unspecified atom stereocenters. The van der Waals surface area contributed by atoms with E-state index in [0.29, 0.717) is 0 Å². The van der Waals surface area contributed by atoms with E-state index < -0.39 is 61.1 Å². The molecule has 2 fully saturated rings. The zero-order valence-electron chi connectivity index (χ0n) is 15.0. The number of benzene rings is 1. The molecular formula is C18H26O9S. The van der Waals surface area contributed by atoms with Crippen molar-refractivity contribution in [3.05, 3.63) is 30.3 Å². The third-order valence-electron chi connectivity index (χ3n) is 4.83. The van der Waals surface area contributed by atoms with Crippen molar-refractivity contribution in [3.63, 3.8) is 0 Å². The zero-order valence-corrected chi connectivity index (χ0v) is 15.8. The molecule has 0 amide bonds. The summed E-state index contributed by atoms with van der Waals surface area (Å²) in [6.45, 7) is -0.663. The fraction of sp³-hybridized carbons (Fsp3) is 0.667. The minimum atomic E-state index is -1.42. The second kappa shape index (κ2) is 9.81. The van der Waals surface area contributed by atoms with Crippen LogP contribution in [0.25, 0.3) is 0 Å². The molecule has 0 radical (unpaired) electrons. The van der Waals surface area contributed by atoms with Crippen LogP contribution in [0.5, 0.6) is 0 Å². The molecule has 2 heterocycles. The molecule has 1 aromatic carbocycles. The third kappa shape index (κ3) is 5.03. The summed E-state index contributed by atoms with van der Waals surface area (Å²) >= 11 is 1.21. The number of aliphatic hydroxyl groups excluding tert-OH is 6. The number of ether oxygens (including phenoxy) is 3. The Morgan fingerprint density at radius 1 is 0.893 bits per heavy atom. The SMILES string of the molecule is OC[C@H]1O[C@@H](OC[C@H]2O[C@@H](Sc3ccccc3)[C@H](O)[C@@H](O)[C@@H]2O)C[C@@H](O)[C@@H]1O. The van der Waals surface area contributed by atoms with Crippen LogP contribution in [0.4, 0.5) is 0 Å². The maximum absolute atomic E-state index is 10.2. The molecule has 2 aliphatic rings. The first-order valence-corrected chi connectivity index (χ1v) is 9.94. The van der Waals surface area contributed by atoms with Gasteiger partial charge in [-0.05, 0) is 12.1 Å². The normalized spacial score (nSPS) is 41.7. The maximum Gasteiger partial charge on any atom is 0.160 e. The molecule has 158 valence electrons. The Labute approximate surface area is 166 Å². The molecule has 10 heteroatoms. The monoisotopic (exact) mass is 418 g/mol. The standard InChI is InChI=1S/C18H26O9S/c19-7-11-14(21)10(20)6-13(26-11)25-8-12-15(22)16(23)17(24)18(27-12)28-9-4-2-1-3-5-9/h1-5,10-24H,6-8H2/t10-,11-,12-,13-,14+,15-,16+,17-,18+/m1/s1. The number of aliphatic hydroxyl groups is 6. The second-order valence-electron chi connectivity index (χ2n) is 6.86. The Balaban J connectivity index is 1.59. The predicted molar refractivity (Wildman–Crippen MR) is 97.3 cm³/mol. The van der Waals surface area contributed by atoms with Crippen molar-refractivity contribution in [2.45, 2.75) is 65.8 Å². The van der Waals surface area contributed by atoms with Gasteiger partial charge in [-0.15, -0.1) is 0 Å². The maximum atomic E-state index is 10.2. The van der Waals surface area contributed by atoms with Gasteiger partial charge in [0.2, 0.25) is 0 Å². The van der Waals surface area contributed by atoms with Crippen LogP contribution in [0, 0.1) is 0 Å². The van der Waals surface area contributed by atoms with Gasteiger partial charge in [-0.25, -0.2) is 0 Å². The van der Waals surface area contributed by atoms with E-state index in [4.69, 9.17) is 14.2 Å². The molecule has 1 aromatic rings. The molecule has 0 aliphatic carbocycles. The first-order chi connectivity index (χ1) is 13.4. The molecule has 9 atom stereocenters. The molecule has 28 heavy (non-hydrogen) atoms. The third-order valence-corrected chi connectivity index (χ3v) is 5.99. The van der Waals surface area contributed by atoms with Gasteiger partial charge in [0.25, 0.3) is 0 Å². The van der Waals surface area contributed by atoms with Crippen molar-refractivity contribution in [2.75, 3.05) is 13.2 Å². The van der Waals surface area contributed by atoms with Crippen molar-refractivity contribution in [3.8, 4) is 0 Å². The van der Waals surface area contributed by atoms with E-state index in [1.165, 1.54) is 11.8 Å². The zero-order chi connectivity index (χ0) is 20.3. The van der Waals surface area contributed by atoms with E-state index in [1.807, 2.05) is 30.3 Å². The highest BCUT2D eigenvalue weighted by Gasteiger charge is 2.45. The summed E-state index contributed by atoms with van der Waals surface area (Å²) in [4.78, 5) is 0.827. The Bertz CT molecular complexity index is 606. The quantitative estimate of drug-likeness (QED) is 0.320. The average molecular weight is 418 g/mol. The molecule has 0 saturated carbocycles. The minimum absolute atomic E-state index is 0.0200. The Kier molecular flexibility index (Phi) is 7.67. The highest BCUT2D eigenvalue weighted by molar-refractivity contribution is 7.99. The van der Waals surface area contributed by atoms with E-state index in [-0.39, 0.29) is 13.0 Å². The number of rotatable bonds is 6. The molecular weight excluding hydrogens is 392 g/mol. The van der Waals surface area contributed by atoms with E-state index >= 15 is 0 Å². The van der Waals surface area contributed by atoms with Gasteiger partial charge in [0, 0.05) is 11.3 Å². The van der Waals surface area contributed by atoms with Crippen molar-refractivity contribution in [1.29, 1.82) is 0 Å². The topological polar surface area (TPSA) is 149 Å². The van der Waals surface area contributed by atoms with Gasteiger partial charge in [-0.2, -0.15) is 0 Å². The molecule has 0 bridgehead atoms. The van der Waals surface area contributed by atoms with Gasteiger partial charge in [0.15, 0.2) is 6.29 Å². The number of hydrogen-bond donors (Lipinski definition) is 6. The van der Waals surface area contributed by atoms with Gasteiger partial charge < -0.3 is 44.8 Å². The molecule has 6 N–H and O–H groups in total. The van der Waals surface area contributed by atoms with Gasteiger partial charge in [0.1, 0.15) is 42.1 Å². The fourth-order valence-electron chi connectivity index (χ4n) is 3.16. The average Bonchev–Trinajstić information content (AvgIpc) is 2.70. The van der Waals surface area contributed by atoms with Crippen LogP contribution in [-0.4, -0.2) is 98.3 Å². The summed E-state index contributed by atoms with van der Waals surface area (Å²) in [5.41, 5.74) is -0.820. The first kappa shape index (κ1) is 21.9.